The first-order valence-corrected chi connectivity index (χ1v) is 10.7. The lowest BCUT2D eigenvalue weighted by Crippen LogP contribution is -2.48. The van der Waals surface area contributed by atoms with Crippen molar-refractivity contribution in [2.45, 2.75) is 26.2 Å². The highest BCUT2D eigenvalue weighted by molar-refractivity contribution is 6.30. The molecule has 160 valence electrons. The Morgan fingerprint density at radius 2 is 1.70 bits per heavy atom. The van der Waals surface area contributed by atoms with E-state index in [4.69, 9.17) is 16.3 Å². The summed E-state index contributed by atoms with van der Waals surface area (Å²) in [5.74, 6) is -0.177. The second kappa shape index (κ2) is 9.52. The zero-order chi connectivity index (χ0) is 21.7. The summed E-state index contributed by atoms with van der Waals surface area (Å²) in [7, 11) is 3.86. The second-order valence-electron chi connectivity index (χ2n) is 8.01. The highest BCUT2D eigenvalue weighted by atomic mass is 35.5. The molecule has 1 amide bonds. The van der Waals surface area contributed by atoms with Gasteiger partial charge in [0.05, 0.1) is 17.6 Å². The predicted octanol–water partition coefficient (Wildman–Crippen LogP) is 4.43. The molecular formula is C24H29ClN2O3. The van der Waals surface area contributed by atoms with Crippen LogP contribution in [0, 0.1) is 5.41 Å². The van der Waals surface area contributed by atoms with E-state index >= 15 is 0 Å². The van der Waals surface area contributed by atoms with Crippen molar-refractivity contribution in [3.8, 4) is 0 Å². The van der Waals surface area contributed by atoms with Crippen LogP contribution in [0.15, 0.2) is 48.5 Å². The number of likely N-dealkylation sites (tertiary alicyclic amines) is 1. The van der Waals surface area contributed by atoms with E-state index < -0.39 is 5.41 Å². The molecule has 0 unspecified atom stereocenters. The van der Waals surface area contributed by atoms with Crippen molar-refractivity contribution < 1.29 is 14.3 Å². The van der Waals surface area contributed by atoms with Crippen LogP contribution < -0.4 is 4.90 Å². The van der Waals surface area contributed by atoms with E-state index in [9.17, 15) is 9.59 Å². The number of hydrogen-bond acceptors (Lipinski definition) is 4. The largest absolute Gasteiger partial charge is 0.466 e. The van der Waals surface area contributed by atoms with Gasteiger partial charge in [0.1, 0.15) is 0 Å². The first-order chi connectivity index (χ1) is 14.4. The third kappa shape index (κ3) is 4.78. The minimum absolute atomic E-state index is 0.00301. The normalized spacial score (nSPS) is 15.5. The van der Waals surface area contributed by atoms with Gasteiger partial charge in [-0.1, -0.05) is 35.9 Å². The average molecular weight is 429 g/mol. The third-order valence-corrected chi connectivity index (χ3v) is 6.04. The molecule has 0 radical (unpaired) electrons. The Morgan fingerprint density at radius 3 is 2.30 bits per heavy atom. The van der Waals surface area contributed by atoms with E-state index in [2.05, 4.69) is 0 Å². The summed E-state index contributed by atoms with van der Waals surface area (Å²) in [6, 6.07) is 15.2. The molecule has 1 aliphatic heterocycles. The van der Waals surface area contributed by atoms with Crippen LogP contribution in [0.4, 0.5) is 5.69 Å². The van der Waals surface area contributed by atoms with Crippen LogP contribution in [-0.2, 0) is 16.0 Å². The van der Waals surface area contributed by atoms with Crippen LogP contribution in [0.3, 0.4) is 0 Å². The van der Waals surface area contributed by atoms with E-state index in [1.165, 1.54) is 0 Å². The molecule has 1 aliphatic rings. The van der Waals surface area contributed by atoms with Crippen molar-refractivity contribution in [1.82, 2.24) is 4.90 Å². The number of benzene rings is 2. The molecule has 6 heteroatoms. The van der Waals surface area contributed by atoms with Crippen molar-refractivity contribution in [3.05, 3.63) is 64.7 Å². The SMILES string of the molecule is CCOC(=O)C1(Cc2ccc(Cl)cc2)CCN(C(=O)c2ccccc2N(C)C)CC1. The topological polar surface area (TPSA) is 49.9 Å². The summed E-state index contributed by atoms with van der Waals surface area (Å²) in [5.41, 5.74) is 2.00. The smallest absolute Gasteiger partial charge is 0.312 e. The number of ether oxygens (including phenoxy) is 1. The Kier molecular flexibility index (Phi) is 7.03. The zero-order valence-corrected chi connectivity index (χ0v) is 18.6. The lowest BCUT2D eigenvalue weighted by Gasteiger charge is -2.40. The van der Waals surface area contributed by atoms with E-state index in [1.54, 1.807) is 0 Å². The van der Waals surface area contributed by atoms with Gasteiger partial charge in [0, 0.05) is 37.9 Å². The molecule has 0 aliphatic carbocycles. The van der Waals surface area contributed by atoms with Gasteiger partial charge in [-0.05, 0) is 56.0 Å². The van der Waals surface area contributed by atoms with Gasteiger partial charge >= 0.3 is 5.97 Å². The zero-order valence-electron chi connectivity index (χ0n) is 17.9. The second-order valence-corrected chi connectivity index (χ2v) is 8.44. The van der Waals surface area contributed by atoms with Crippen molar-refractivity contribution in [2.75, 3.05) is 38.7 Å². The third-order valence-electron chi connectivity index (χ3n) is 5.79. The van der Waals surface area contributed by atoms with Gasteiger partial charge in [-0.15, -0.1) is 0 Å². The lowest BCUT2D eigenvalue weighted by molar-refractivity contribution is -0.158. The number of nitrogens with zero attached hydrogens (tertiary/aromatic N) is 2. The van der Waals surface area contributed by atoms with E-state index in [0.717, 1.165) is 11.3 Å². The molecule has 2 aromatic carbocycles. The molecule has 3 rings (SSSR count). The molecule has 5 nitrogen and oxygen atoms in total. The first kappa shape index (κ1) is 22.2. The van der Waals surface area contributed by atoms with E-state index in [-0.39, 0.29) is 11.9 Å². The Morgan fingerprint density at radius 1 is 1.07 bits per heavy atom. The van der Waals surface area contributed by atoms with Gasteiger partial charge in [-0.3, -0.25) is 9.59 Å². The maximum atomic E-state index is 13.2. The number of carbonyl (C=O) groups excluding carboxylic acids is 2. The quantitative estimate of drug-likeness (QED) is 0.638. The van der Waals surface area contributed by atoms with E-state index in [1.807, 2.05) is 79.3 Å². The van der Waals surface area contributed by atoms with Gasteiger partial charge in [0.25, 0.3) is 5.91 Å². The molecule has 0 spiro atoms. The van der Waals surface area contributed by atoms with Crippen LogP contribution >= 0.6 is 11.6 Å². The molecule has 0 aromatic heterocycles. The number of halogens is 1. The van der Waals surface area contributed by atoms with Crippen molar-refractivity contribution >= 4 is 29.2 Å². The minimum atomic E-state index is -0.623. The molecule has 1 heterocycles. The van der Waals surface area contributed by atoms with Gasteiger partial charge in [-0.2, -0.15) is 0 Å². The Balaban J connectivity index is 1.78. The molecule has 0 saturated carbocycles. The molecule has 2 aromatic rings. The number of carbonyl (C=O) groups is 2. The number of piperidine rings is 1. The molecular weight excluding hydrogens is 400 g/mol. The number of anilines is 1. The standard InChI is InChI=1S/C24H29ClN2O3/c1-4-30-23(29)24(17-18-9-11-19(25)12-10-18)13-15-27(16-14-24)22(28)20-7-5-6-8-21(20)26(2)3/h5-12H,4,13-17H2,1-3H3. The summed E-state index contributed by atoms with van der Waals surface area (Å²) in [4.78, 5) is 29.9. The molecule has 0 bridgehead atoms. The Bertz CT molecular complexity index is 888. The number of para-hydroxylation sites is 1. The first-order valence-electron chi connectivity index (χ1n) is 10.3. The van der Waals surface area contributed by atoms with Crippen molar-refractivity contribution in [1.29, 1.82) is 0 Å². The lowest BCUT2D eigenvalue weighted by atomic mass is 9.73. The molecule has 1 saturated heterocycles. The minimum Gasteiger partial charge on any atom is -0.466 e. The Hall–Kier alpha value is -2.53. The fraction of sp³-hybridized carbons (Fsp3) is 0.417. The summed E-state index contributed by atoms with van der Waals surface area (Å²) in [5, 5.41) is 0.670. The molecule has 1 fully saturated rings. The van der Waals surface area contributed by atoms with Crippen molar-refractivity contribution in [2.24, 2.45) is 5.41 Å². The fourth-order valence-corrected chi connectivity index (χ4v) is 4.21. The molecule has 0 atom stereocenters. The van der Waals surface area contributed by atoms with Crippen LogP contribution in [0.25, 0.3) is 0 Å². The average Bonchev–Trinajstić information content (AvgIpc) is 2.75. The molecule has 30 heavy (non-hydrogen) atoms. The fourth-order valence-electron chi connectivity index (χ4n) is 4.08. The monoisotopic (exact) mass is 428 g/mol. The van der Waals surface area contributed by atoms with Gasteiger partial charge in [0.15, 0.2) is 0 Å². The number of amides is 1. The van der Waals surface area contributed by atoms with Gasteiger partial charge in [-0.25, -0.2) is 0 Å². The highest BCUT2D eigenvalue weighted by Crippen LogP contribution is 2.37. The number of rotatable bonds is 6. The maximum Gasteiger partial charge on any atom is 0.312 e. The van der Waals surface area contributed by atoms with Crippen LogP contribution in [0.2, 0.25) is 5.02 Å². The van der Waals surface area contributed by atoms with Crippen LogP contribution in [-0.4, -0.2) is 50.6 Å². The number of hydrogen-bond donors (Lipinski definition) is 0. The summed E-state index contributed by atoms with van der Waals surface area (Å²) >= 11 is 6.01. The summed E-state index contributed by atoms with van der Waals surface area (Å²) in [6.07, 6.45) is 1.73. The maximum absolute atomic E-state index is 13.2. The van der Waals surface area contributed by atoms with Gasteiger partial charge < -0.3 is 14.5 Å². The summed E-state index contributed by atoms with van der Waals surface area (Å²) < 4.78 is 5.44. The van der Waals surface area contributed by atoms with Gasteiger partial charge in [0.2, 0.25) is 0 Å². The predicted molar refractivity (Wildman–Crippen MR) is 120 cm³/mol. The Labute approximate surface area is 183 Å². The number of esters is 1. The molecule has 0 N–H and O–H groups in total. The van der Waals surface area contributed by atoms with E-state index in [0.29, 0.717) is 49.5 Å². The highest BCUT2D eigenvalue weighted by Gasteiger charge is 2.43. The van der Waals surface area contributed by atoms with Crippen LogP contribution in [0.5, 0.6) is 0 Å². The van der Waals surface area contributed by atoms with Crippen LogP contribution in [0.1, 0.15) is 35.7 Å². The summed E-state index contributed by atoms with van der Waals surface area (Å²) in [6.45, 7) is 3.21. The van der Waals surface area contributed by atoms with Crippen molar-refractivity contribution in [3.63, 3.8) is 0 Å².